The number of aliphatic hydroxyl groups is 1. The van der Waals surface area contributed by atoms with Crippen LogP contribution < -0.4 is 9.64 Å². The molecule has 4 aliphatic rings. The van der Waals surface area contributed by atoms with E-state index in [9.17, 15) is 19.5 Å². The van der Waals surface area contributed by atoms with E-state index in [0.717, 1.165) is 11.4 Å². The van der Waals surface area contributed by atoms with Gasteiger partial charge in [0, 0.05) is 30.1 Å². The van der Waals surface area contributed by atoms with Crippen molar-refractivity contribution in [3.63, 3.8) is 0 Å². The number of rotatable bonds is 7. The van der Waals surface area contributed by atoms with Crippen molar-refractivity contribution in [1.29, 1.82) is 0 Å². The monoisotopic (exact) mass is 539 g/mol. The number of amides is 3. The molecule has 0 aliphatic carbocycles. The highest BCUT2D eigenvalue weighted by atomic mass is 32.2. The molecule has 1 spiro atoms. The van der Waals surface area contributed by atoms with E-state index >= 15 is 0 Å². The minimum Gasteiger partial charge on any atom is -0.494 e. The minimum absolute atomic E-state index is 0.0407. The van der Waals surface area contributed by atoms with Crippen molar-refractivity contribution >= 4 is 35.2 Å². The van der Waals surface area contributed by atoms with Crippen molar-refractivity contribution in [2.45, 2.75) is 62.2 Å². The lowest BCUT2D eigenvalue weighted by atomic mass is 9.78. The van der Waals surface area contributed by atoms with Gasteiger partial charge in [0.2, 0.25) is 17.7 Å². The summed E-state index contributed by atoms with van der Waals surface area (Å²) in [6.07, 6.45) is 8.55. The molecule has 5 rings (SSSR count). The number of hydrogen-bond acceptors (Lipinski definition) is 6. The van der Waals surface area contributed by atoms with Crippen LogP contribution in [0.2, 0.25) is 0 Å². The molecular formula is C29H37N3O5S. The van der Waals surface area contributed by atoms with Crippen LogP contribution in [0.3, 0.4) is 0 Å². The van der Waals surface area contributed by atoms with Crippen LogP contribution in [0.15, 0.2) is 48.6 Å². The Balaban J connectivity index is 1.58. The molecule has 3 amide bonds. The van der Waals surface area contributed by atoms with Gasteiger partial charge in [0.1, 0.15) is 11.8 Å². The van der Waals surface area contributed by atoms with E-state index in [4.69, 9.17) is 4.74 Å². The Morgan fingerprint density at radius 2 is 1.79 bits per heavy atom. The van der Waals surface area contributed by atoms with Crippen molar-refractivity contribution < 1.29 is 24.2 Å². The summed E-state index contributed by atoms with van der Waals surface area (Å²) in [6.45, 7) is 8.97. The van der Waals surface area contributed by atoms with Gasteiger partial charge in [-0.2, -0.15) is 0 Å². The van der Waals surface area contributed by atoms with Crippen LogP contribution in [0.4, 0.5) is 5.69 Å². The van der Waals surface area contributed by atoms with Crippen LogP contribution >= 0.6 is 11.8 Å². The molecule has 6 atom stereocenters. The summed E-state index contributed by atoms with van der Waals surface area (Å²) in [5.74, 6) is -1.03. The first-order valence-corrected chi connectivity index (χ1v) is 14.5. The number of ether oxygens (including phenoxy) is 1. The fourth-order valence-electron chi connectivity index (χ4n) is 6.49. The standard InChI is InChI=1S/C29H37N3O5S/c1-5-19(17-33)32-25-28(36)30(18(3)4)16-8-14-29(25)24(27(32)35)23-22(38-29)9-7-15-31(26(23)34)20-10-12-21(13-11-20)37-6-2/h7-14,18-19,22-25,33H,5-6,15-17H2,1-4H3/t19-,22+,23-,24-,25?,29-/m0/s1. The number of fused-ring (bicyclic) bond motifs is 2. The smallest absolute Gasteiger partial charge is 0.247 e. The minimum atomic E-state index is -0.877. The Bertz CT molecular complexity index is 1150. The summed E-state index contributed by atoms with van der Waals surface area (Å²) in [4.78, 5) is 47.8. The maximum atomic E-state index is 14.3. The van der Waals surface area contributed by atoms with Crippen molar-refractivity contribution in [2.75, 3.05) is 31.2 Å². The molecule has 9 heteroatoms. The third-order valence-electron chi connectivity index (χ3n) is 8.29. The van der Waals surface area contributed by atoms with Crippen LogP contribution in [0, 0.1) is 11.8 Å². The summed E-state index contributed by atoms with van der Waals surface area (Å²) >= 11 is 1.56. The van der Waals surface area contributed by atoms with E-state index < -0.39 is 28.7 Å². The molecule has 2 fully saturated rings. The molecule has 38 heavy (non-hydrogen) atoms. The third-order valence-corrected chi connectivity index (χ3v) is 10.0. The number of aliphatic hydroxyl groups excluding tert-OH is 1. The zero-order valence-electron chi connectivity index (χ0n) is 22.4. The van der Waals surface area contributed by atoms with Crippen LogP contribution in [0.25, 0.3) is 0 Å². The quantitative estimate of drug-likeness (QED) is 0.536. The number of anilines is 1. The van der Waals surface area contributed by atoms with Crippen LogP contribution in [-0.4, -0.2) is 87.1 Å². The highest BCUT2D eigenvalue weighted by molar-refractivity contribution is 8.02. The Morgan fingerprint density at radius 1 is 1.05 bits per heavy atom. The number of carbonyl (C=O) groups is 3. The van der Waals surface area contributed by atoms with Crippen molar-refractivity contribution in [1.82, 2.24) is 9.80 Å². The van der Waals surface area contributed by atoms with E-state index in [2.05, 4.69) is 0 Å². The summed E-state index contributed by atoms with van der Waals surface area (Å²) in [5, 5.41) is 10.00. The first-order chi connectivity index (χ1) is 18.3. The van der Waals surface area contributed by atoms with E-state index in [1.807, 2.05) is 76.3 Å². The Labute approximate surface area is 228 Å². The lowest BCUT2D eigenvalue weighted by molar-refractivity contribution is -0.146. The Kier molecular flexibility index (Phi) is 7.35. The first-order valence-electron chi connectivity index (χ1n) is 13.6. The molecule has 0 saturated carbocycles. The summed E-state index contributed by atoms with van der Waals surface area (Å²) < 4.78 is 4.69. The average Bonchev–Trinajstić information content (AvgIpc) is 3.21. The third kappa shape index (κ3) is 4.06. The van der Waals surface area contributed by atoms with Gasteiger partial charge in [-0.1, -0.05) is 31.2 Å². The number of thioether (sulfide) groups is 1. The highest BCUT2D eigenvalue weighted by Gasteiger charge is 2.71. The fourth-order valence-corrected chi connectivity index (χ4v) is 8.48. The summed E-state index contributed by atoms with van der Waals surface area (Å²) in [5.41, 5.74) is 0.744. The zero-order valence-corrected chi connectivity index (χ0v) is 23.3. The summed E-state index contributed by atoms with van der Waals surface area (Å²) in [6, 6.07) is 6.14. The number of nitrogens with zero attached hydrogens (tertiary/aromatic N) is 3. The van der Waals surface area contributed by atoms with Gasteiger partial charge < -0.3 is 24.5 Å². The van der Waals surface area contributed by atoms with Crippen molar-refractivity contribution in [3.05, 3.63) is 48.6 Å². The van der Waals surface area contributed by atoms with Gasteiger partial charge in [-0.15, -0.1) is 11.8 Å². The fraction of sp³-hybridized carbons (Fsp3) is 0.552. The number of likely N-dealkylation sites (tertiary alicyclic amines) is 1. The number of carbonyl (C=O) groups excluding carboxylic acids is 3. The van der Waals surface area contributed by atoms with E-state index in [1.165, 1.54) is 0 Å². The van der Waals surface area contributed by atoms with Gasteiger partial charge in [-0.25, -0.2) is 0 Å². The van der Waals surface area contributed by atoms with Gasteiger partial charge in [-0.3, -0.25) is 14.4 Å². The van der Waals surface area contributed by atoms with Gasteiger partial charge in [-0.05, 0) is 51.5 Å². The molecule has 204 valence electrons. The number of benzene rings is 1. The van der Waals surface area contributed by atoms with Crippen molar-refractivity contribution in [2.24, 2.45) is 11.8 Å². The second-order valence-electron chi connectivity index (χ2n) is 10.6. The van der Waals surface area contributed by atoms with Crippen LogP contribution in [-0.2, 0) is 14.4 Å². The highest BCUT2D eigenvalue weighted by Crippen LogP contribution is 2.61. The van der Waals surface area contributed by atoms with Gasteiger partial charge in [0.25, 0.3) is 0 Å². The predicted octanol–water partition coefficient (Wildman–Crippen LogP) is 2.86. The maximum Gasteiger partial charge on any atom is 0.247 e. The Hall–Kier alpha value is -2.78. The number of hydrogen-bond donors (Lipinski definition) is 1. The largest absolute Gasteiger partial charge is 0.494 e. The van der Waals surface area contributed by atoms with E-state index in [-0.39, 0.29) is 35.6 Å². The second kappa shape index (κ2) is 10.4. The molecular weight excluding hydrogens is 502 g/mol. The molecule has 0 aromatic heterocycles. The van der Waals surface area contributed by atoms with E-state index in [0.29, 0.717) is 26.1 Å². The molecule has 2 saturated heterocycles. The van der Waals surface area contributed by atoms with Gasteiger partial charge >= 0.3 is 0 Å². The maximum absolute atomic E-state index is 14.3. The molecule has 0 radical (unpaired) electrons. The molecule has 0 bridgehead atoms. The molecule has 8 nitrogen and oxygen atoms in total. The topological polar surface area (TPSA) is 90.4 Å². The molecule has 4 aliphatic heterocycles. The predicted molar refractivity (Wildman–Crippen MR) is 148 cm³/mol. The van der Waals surface area contributed by atoms with Crippen molar-refractivity contribution in [3.8, 4) is 5.75 Å². The lowest BCUT2D eigenvalue weighted by Gasteiger charge is -2.39. The SMILES string of the molecule is CCOc1ccc(N2CC=C[C@H]3S[C@]45C=CCN(C(C)C)C(=O)C4N([C@@H](CC)CO)C(=O)[C@@H]5[C@H]3C2=O)cc1. The average molecular weight is 540 g/mol. The van der Waals surface area contributed by atoms with Gasteiger partial charge in [0.15, 0.2) is 0 Å². The molecule has 1 N–H and O–H groups in total. The molecule has 4 heterocycles. The lowest BCUT2D eigenvalue weighted by Crippen LogP contribution is -2.57. The zero-order chi connectivity index (χ0) is 27.2. The molecule has 1 aromatic rings. The molecule has 1 aromatic carbocycles. The van der Waals surface area contributed by atoms with Crippen LogP contribution in [0.1, 0.15) is 34.1 Å². The molecule has 1 unspecified atom stereocenters. The Morgan fingerprint density at radius 3 is 2.42 bits per heavy atom. The first kappa shape index (κ1) is 26.8. The van der Waals surface area contributed by atoms with Crippen LogP contribution in [0.5, 0.6) is 5.75 Å². The van der Waals surface area contributed by atoms with E-state index in [1.54, 1.807) is 26.5 Å². The summed E-state index contributed by atoms with van der Waals surface area (Å²) in [7, 11) is 0. The second-order valence-corrected chi connectivity index (χ2v) is 12.1. The normalized spacial score (nSPS) is 31.3. The van der Waals surface area contributed by atoms with Gasteiger partial charge in [0.05, 0.1) is 35.8 Å².